The van der Waals surface area contributed by atoms with E-state index in [-0.39, 0.29) is 43.5 Å². The largest absolute Gasteiger partial charge is 0.505 e. The normalized spacial score (nSPS) is 16.6. The number of nitro benzene ring substituents is 2. The number of phenols is 8. The van der Waals surface area contributed by atoms with Gasteiger partial charge in [-0.25, -0.2) is 0 Å². The first kappa shape index (κ1) is 45.4. The van der Waals surface area contributed by atoms with Crippen molar-refractivity contribution in [3.8, 4) is 46.0 Å². The number of anilines is 2. The number of carbonyl (C=O) groups is 2. The molecule has 0 saturated carbocycles. The zero-order valence-electron chi connectivity index (χ0n) is 35.1. The summed E-state index contributed by atoms with van der Waals surface area (Å²) in [5, 5.41) is 142. The Bertz CT molecular complexity index is 2700. The highest BCUT2D eigenvalue weighted by molar-refractivity contribution is 6.07. The zero-order valence-corrected chi connectivity index (χ0v) is 35.1. The van der Waals surface area contributed by atoms with Crippen LogP contribution in [0.15, 0.2) is 84.9 Å². The summed E-state index contributed by atoms with van der Waals surface area (Å²) in [4.78, 5) is 50.3. The second kappa shape index (κ2) is 16.8. The molecule has 8 bridgehead atoms. The Balaban J connectivity index is 1.63. The van der Waals surface area contributed by atoms with Gasteiger partial charge in [-0.15, -0.1) is 0 Å². The van der Waals surface area contributed by atoms with Gasteiger partial charge in [0.25, 0.3) is 11.8 Å². The van der Waals surface area contributed by atoms with Crippen molar-refractivity contribution in [2.45, 2.75) is 51.4 Å². The third-order valence-electron chi connectivity index (χ3n) is 12.2. The Kier molecular flexibility index (Phi) is 11.6. The lowest BCUT2D eigenvalue weighted by molar-refractivity contribution is -0.387. The number of hydrogen-bond acceptors (Lipinski definition) is 16. The van der Waals surface area contributed by atoms with Gasteiger partial charge in [0.15, 0.2) is 11.4 Å². The summed E-state index contributed by atoms with van der Waals surface area (Å²) in [7, 11) is 0. The molecule has 0 heterocycles. The van der Waals surface area contributed by atoms with Crippen molar-refractivity contribution >= 4 is 34.6 Å². The number of hydrogen-bond donors (Lipinski definition) is 10. The summed E-state index contributed by atoms with van der Waals surface area (Å²) in [5.74, 6) is -16.8. The lowest BCUT2D eigenvalue weighted by atomic mass is 9.79. The van der Waals surface area contributed by atoms with Crippen molar-refractivity contribution in [1.29, 1.82) is 0 Å². The molecule has 0 spiro atoms. The number of fused-ring (bicyclic) bond motifs is 8. The van der Waals surface area contributed by atoms with Crippen LogP contribution in [0.25, 0.3) is 0 Å². The van der Waals surface area contributed by atoms with E-state index >= 15 is 0 Å². The second-order valence-corrected chi connectivity index (χ2v) is 15.8. The first-order chi connectivity index (χ1) is 31.1. The SMILES string of the molecule is CC1c2cc(c(O)c(N(O)C(=O)c3ccccc3)c2O)C(C)c2cc(c(O)c([N+](=O)[O-])c2O)C(C)c2cc(c(O)c(N(O)C(=O)c3ccccc3)c2O)C(C)c2cc1c(O)c([N+](=O)[O-])c2O. The Morgan fingerprint density at radius 3 is 0.848 bits per heavy atom. The summed E-state index contributed by atoms with van der Waals surface area (Å²) in [6, 6.07) is 18.5. The molecule has 1 aliphatic rings. The average Bonchev–Trinajstić information content (AvgIpc) is 3.28. The Hall–Kier alpha value is -8.62. The molecule has 0 aliphatic heterocycles. The highest BCUT2D eigenvalue weighted by Crippen LogP contribution is 2.57. The lowest BCUT2D eigenvalue weighted by Crippen LogP contribution is -2.28. The van der Waals surface area contributed by atoms with E-state index in [0.717, 1.165) is 24.3 Å². The fraction of sp³-hybridized carbons (Fsp3) is 0.174. The van der Waals surface area contributed by atoms with Crippen LogP contribution in [0, 0.1) is 20.2 Å². The van der Waals surface area contributed by atoms with Crippen molar-refractivity contribution in [3.63, 3.8) is 0 Å². The fourth-order valence-corrected chi connectivity index (χ4v) is 8.43. The number of rotatable bonds is 6. The van der Waals surface area contributed by atoms with Crippen molar-refractivity contribution in [2.75, 3.05) is 10.1 Å². The van der Waals surface area contributed by atoms with Crippen LogP contribution in [0.2, 0.25) is 0 Å². The monoisotopic (exact) mass is 904 g/mol. The van der Waals surface area contributed by atoms with Crippen LogP contribution in [0.1, 0.15) is 117 Å². The number of carbonyl (C=O) groups excluding carboxylic acids is 2. The maximum absolute atomic E-state index is 13.7. The smallest absolute Gasteiger partial charge is 0.352 e. The van der Waals surface area contributed by atoms with Crippen LogP contribution >= 0.6 is 0 Å². The van der Waals surface area contributed by atoms with E-state index in [2.05, 4.69) is 0 Å². The Morgan fingerprint density at radius 2 is 0.636 bits per heavy atom. The quantitative estimate of drug-likeness (QED) is 0.0428. The van der Waals surface area contributed by atoms with E-state index in [1.54, 1.807) is 12.1 Å². The van der Waals surface area contributed by atoms with Gasteiger partial charge in [-0.3, -0.25) is 40.2 Å². The molecule has 0 radical (unpaired) electrons. The van der Waals surface area contributed by atoms with Crippen molar-refractivity contribution in [3.05, 3.63) is 161 Å². The molecule has 6 aromatic carbocycles. The molecule has 2 amide bonds. The fourth-order valence-electron chi connectivity index (χ4n) is 8.43. The minimum atomic E-state index is -1.47. The average molecular weight is 905 g/mol. The van der Waals surface area contributed by atoms with E-state index in [9.17, 15) is 81.1 Å². The van der Waals surface area contributed by atoms with Crippen LogP contribution < -0.4 is 10.1 Å². The number of nitrogens with zero attached hydrogens (tertiary/aromatic N) is 4. The Labute approximate surface area is 372 Å². The molecule has 340 valence electrons. The molecule has 1 aliphatic carbocycles. The maximum atomic E-state index is 13.7. The van der Waals surface area contributed by atoms with Crippen LogP contribution in [0.3, 0.4) is 0 Å². The third-order valence-corrected chi connectivity index (χ3v) is 12.2. The van der Waals surface area contributed by atoms with Gasteiger partial charge in [-0.2, -0.15) is 10.1 Å². The molecule has 0 saturated heterocycles. The minimum absolute atomic E-state index is 0.0906. The highest BCUT2D eigenvalue weighted by atomic mass is 16.6. The van der Waals surface area contributed by atoms with Crippen LogP contribution in [-0.4, -0.2) is 72.9 Å². The lowest BCUT2D eigenvalue weighted by Gasteiger charge is -2.28. The number of nitro groups is 2. The zero-order chi connectivity index (χ0) is 48.4. The van der Waals surface area contributed by atoms with E-state index in [0.29, 0.717) is 0 Å². The van der Waals surface area contributed by atoms with E-state index < -0.39 is 136 Å². The van der Waals surface area contributed by atoms with Gasteiger partial charge in [0.2, 0.25) is 23.0 Å². The molecule has 4 unspecified atom stereocenters. The van der Waals surface area contributed by atoms with Gasteiger partial charge < -0.3 is 40.9 Å². The van der Waals surface area contributed by atoms with Crippen LogP contribution in [0.4, 0.5) is 22.7 Å². The molecular weight excluding hydrogens is 865 g/mol. The first-order valence-corrected chi connectivity index (χ1v) is 19.9. The maximum Gasteiger partial charge on any atom is 0.352 e. The van der Waals surface area contributed by atoms with Gasteiger partial charge in [0.1, 0.15) is 23.0 Å². The van der Waals surface area contributed by atoms with Crippen molar-refractivity contribution < 1.29 is 70.7 Å². The number of phenolic OH excluding ortho intramolecular Hbond substituents is 8. The van der Waals surface area contributed by atoms with E-state index in [1.165, 1.54) is 76.2 Å². The molecule has 20 nitrogen and oxygen atoms in total. The van der Waals surface area contributed by atoms with E-state index in [1.807, 2.05) is 0 Å². The predicted molar refractivity (Wildman–Crippen MR) is 233 cm³/mol. The molecule has 6 aromatic rings. The first-order valence-electron chi connectivity index (χ1n) is 19.9. The molecular formula is C46H40N4O16. The molecule has 66 heavy (non-hydrogen) atoms. The molecule has 10 N–H and O–H groups in total. The number of amides is 2. The summed E-state index contributed by atoms with van der Waals surface area (Å²) < 4.78 is 0. The molecule has 0 fully saturated rings. The molecule has 7 rings (SSSR count). The van der Waals surface area contributed by atoms with Gasteiger partial charge >= 0.3 is 11.4 Å². The van der Waals surface area contributed by atoms with Crippen molar-refractivity contribution in [1.82, 2.24) is 0 Å². The van der Waals surface area contributed by atoms with Gasteiger partial charge in [0, 0.05) is 79.3 Å². The number of benzene rings is 6. The summed E-state index contributed by atoms with van der Waals surface area (Å²) in [5.41, 5.74) is -7.78. The second-order valence-electron chi connectivity index (χ2n) is 15.8. The van der Waals surface area contributed by atoms with Crippen LogP contribution in [0.5, 0.6) is 46.0 Å². The minimum Gasteiger partial charge on any atom is -0.505 e. The van der Waals surface area contributed by atoms with Crippen molar-refractivity contribution in [2.24, 2.45) is 0 Å². The molecule has 20 heteroatoms. The van der Waals surface area contributed by atoms with Gasteiger partial charge in [0.05, 0.1) is 9.85 Å². The predicted octanol–water partition coefficient (Wildman–Crippen LogP) is 8.14. The summed E-state index contributed by atoms with van der Waals surface area (Å²) in [6.07, 6.45) is 0. The standard InChI is InChI=1S/C46H40N4O16/c1-19-25-15-26(38(52)33(37(25)51)47(61)45(59)23-11-7-5-8-12-23)20(2)31-18-32(44(58)36(43(31)57)50(65)66)22(4)28-16-27(21(3)30-17-29(19)41(55)35(42(30)56)49(63)64)39(53)34(40(28)54)48(62)46(60)24-13-9-6-10-14-24/h5-22,51-58,61-62H,1-4H3. The third kappa shape index (κ3) is 7.15. The number of hydroxylamine groups is 2. The van der Waals surface area contributed by atoms with Gasteiger partial charge in [-0.05, 0) is 48.5 Å². The Morgan fingerprint density at radius 1 is 0.424 bits per heavy atom. The molecule has 4 atom stereocenters. The summed E-state index contributed by atoms with van der Waals surface area (Å²) in [6.45, 7) is 5.20. The van der Waals surface area contributed by atoms with E-state index in [4.69, 9.17) is 0 Å². The highest BCUT2D eigenvalue weighted by Gasteiger charge is 2.40. The summed E-state index contributed by atoms with van der Waals surface area (Å²) >= 11 is 0. The molecule has 0 aromatic heterocycles. The van der Waals surface area contributed by atoms with Gasteiger partial charge in [-0.1, -0.05) is 64.1 Å². The topological polar surface area (TPSA) is 329 Å². The van der Waals surface area contributed by atoms with Crippen LogP contribution in [-0.2, 0) is 0 Å². The number of aromatic hydroxyl groups is 8.